The van der Waals surface area contributed by atoms with E-state index < -0.39 is 0 Å². The lowest BCUT2D eigenvalue weighted by atomic mass is 10.0. The van der Waals surface area contributed by atoms with Gasteiger partial charge in [-0.25, -0.2) is 0 Å². The molecule has 21 heavy (non-hydrogen) atoms. The Balaban J connectivity index is 1.75. The van der Waals surface area contributed by atoms with E-state index in [-0.39, 0.29) is 10.6 Å². The molecule has 5 heteroatoms. The monoisotopic (exact) mass is 290 g/mol. The van der Waals surface area contributed by atoms with Crippen LogP contribution in [-0.2, 0) is 0 Å². The molecule has 0 spiro atoms. The Bertz CT molecular complexity index is 536. The van der Waals surface area contributed by atoms with E-state index in [1.807, 2.05) is 13.0 Å². The molecule has 2 aliphatic carbocycles. The van der Waals surface area contributed by atoms with Gasteiger partial charge in [-0.3, -0.25) is 10.1 Å². The van der Waals surface area contributed by atoms with E-state index in [0.717, 1.165) is 18.9 Å². The summed E-state index contributed by atoms with van der Waals surface area (Å²) in [7, 11) is 0. The zero-order valence-electron chi connectivity index (χ0n) is 12.4. The van der Waals surface area contributed by atoms with Crippen molar-refractivity contribution in [1.29, 1.82) is 0 Å². The Labute approximate surface area is 124 Å². The first-order valence-corrected chi connectivity index (χ1v) is 7.80. The van der Waals surface area contributed by atoms with Crippen molar-refractivity contribution < 1.29 is 9.66 Å². The Morgan fingerprint density at radius 1 is 1.43 bits per heavy atom. The third-order valence-corrected chi connectivity index (χ3v) is 4.61. The van der Waals surface area contributed by atoms with Gasteiger partial charge in [0.05, 0.1) is 11.5 Å². The van der Waals surface area contributed by atoms with Crippen molar-refractivity contribution in [3.63, 3.8) is 0 Å². The maximum Gasteiger partial charge on any atom is 0.333 e. The summed E-state index contributed by atoms with van der Waals surface area (Å²) in [6.07, 6.45) is 5.99. The van der Waals surface area contributed by atoms with E-state index in [9.17, 15) is 10.1 Å². The number of nitro groups is 1. The number of ether oxygens (including phenoxy) is 1. The van der Waals surface area contributed by atoms with Crippen molar-refractivity contribution in [2.75, 3.05) is 18.5 Å². The van der Waals surface area contributed by atoms with Crippen LogP contribution in [0, 0.1) is 21.4 Å². The second-order valence-corrected chi connectivity index (χ2v) is 6.25. The zero-order valence-corrected chi connectivity index (χ0v) is 12.4. The van der Waals surface area contributed by atoms with Gasteiger partial charge < -0.3 is 10.1 Å². The topological polar surface area (TPSA) is 64.4 Å². The SMILES string of the molecule is CCCOc1cccc(NCC2(C3CC3)CC2)c1[N+](=O)[O-]. The van der Waals surface area contributed by atoms with Crippen LogP contribution in [0.5, 0.6) is 5.75 Å². The van der Waals surface area contributed by atoms with E-state index >= 15 is 0 Å². The van der Waals surface area contributed by atoms with Gasteiger partial charge in [-0.15, -0.1) is 0 Å². The summed E-state index contributed by atoms with van der Waals surface area (Å²) in [5.74, 6) is 1.20. The first kappa shape index (κ1) is 14.2. The fourth-order valence-corrected chi connectivity index (χ4v) is 3.04. The van der Waals surface area contributed by atoms with Gasteiger partial charge >= 0.3 is 5.69 Å². The summed E-state index contributed by atoms with van der Waals surface area (Å²) in [6.45, 7) is 3.33. The number of hydrogen-bond acceptors (Lipinski definition) is 4. The van der Waals surface area contributed by atoms with E-state index in [0.29, 0.717) is 23.5 Å². The third kappa shape index (κ3) is 2.96. The Hall–Kier alpha value is -1.78. The van der Waals surface area contributed by atoms with E-state index in [2.05, 4.69) is 5.32 Å². The quantitative estimate of drug-likeness (QED) is 0.581. The Morgan fingerprint density at radius 2 is 2.19 bits per heavy atom. The molecular formula is C16H22N2O3. The number of nitro benzene ring substituents is 1. The lowest BCUT2D eigenvalue weighted by Crippen LogP contribution is -2.18. The molecule has 0 radical (unpaired) electrons. The Morgan fingerprint density at radius 3 is 2.76 bits per heavy atom. The van der Waals surface area contributed by atoms with Gasteiger partial charge in [0.25, 0.3) is 0 Å². The lowest BCUT2D eigenvalue weighted by molar-refractivity contribution is -0.385. The van der Waals surface area contributed by atoms with Crippen LogP contribution in [0.15, 0.2) is 18.2 Å². The van der Waals surface area contributed by atoms with Crippen LogP contribution in [0.2, 0.25) is 0 Å². The number of benzene rings is 1. The fourth-order valence-electron chi connectivity index (χ4n) is 3.04. The molecule has 3 rings (SSSR count). The highest BCUT2D eigenvalue weighted by Crippen LogP contribution is 2.61. The second-order valence-electron chi connectivity index (χ2n) is 6.25. The van der Waals surface area contributed by atoms with Gasteiger partial charge in [0.15, 0.2) is 5.75 Å². The predicted octanol–water partition coefficient (Wildman–Crippen LogP) is 3.99. The van der Waals surface area contributed by atoms with Crippen LogP contribution < -0.4 is 10.1 Å². The summed E-state index contributed by atoms with van der Waals surface area (Å²) in [4.78, 5) is 11.0. The maximum absolute atomic E-state index is 11.4. The molecule has 0 amide bonds. The van der Waals surface area contributed by atoms with Crippen LogP contribution in [0.4, 0.5) is 11.4 Å². The molecule has 1 aromatic carbocycles. The molecule has 2 aliphatic rings. The molecule has 5 nitrogen and oxygen atoms in total. The second kappa shape index (κ2) is 5.54. The van der Waals surface area contributed by atoms with Crippen LogP contribution in [-0.4, -0.2) is 18.1 Å². The molecule has 0 bridgehead atoms. The number of para-hydroxylation sites is 1. The number of anilines is 1. The van der Waals surface area contributed by atoms with Gasteiger partial charge in [0, 0.05) is 6.54 Å². The Kier molecular flexibility index (Phi) is 3.74. The van der Waals surface area contributed by atoms with Gasteiger partial charge in [-0.2, -0.15) is 0 Å². The van der Waals surface area contributed by atoms with Gasteiger partial charge in [-0.05, 0) is 55.6 Å². The minimum atomic E-state index is -0.343. The molecule has 114 valence electrons. The lowest BCUT2D eigenvalue weighted by Gasteiger charge is -2.16. The maximum atomic E-state index is 11.4. The average molecular weight is 290 g/mol. The normalized spacial score (nSPS) is 19.1. The standard InChI is InChI=1S/C16H22N2O3/c1-2-10-21-14-5-3-4-13(15(14)18(19)20)17-11-16(8-9-16)12-6-7-12/h3-5,12,17H,2,6-11H2,1H3. The number of nitrogens with one attached hydrogen (secondary N) is 1. The zero-order chi connectivity index (χ0) is 14.9. The minimum absolute atomic E-state index is 0.0672. The van der Waals surface area contributed by atoms with E-state index in [4.69, 9.17) is 4.74 Å². The average Bonchev–Trinajstić information content (AvgIpc) is 3.35. The van der Waals surface area contributed by atoms with Crippen molar-refractivity contribution in [3.8, 4) is 5.75 Å². The molecular weight excluding hydrogens is 268 g/mol. The van der Waals surface area contributed by atoms with Gasteiger partial charge in [0.2, 0.25) is 0 Å². The molecule has 2 saturated carbocycles. The van der Waals surface area contributed by atoms with Crippen molar-refractivity contribution in [1.82, 2.24) is 0 Å². The summed E-state index contributed by atoms with van der Waals surface area (Å²) in [5, 5.41) is 14.7. The molecule has 0 unspecified atom stereocenters. The predicted molar refractivity (Wildman–Crippen MR) is 81.8 cm³/mol. The number of nitrogens with zero attached hydrogens (tertiary/aromatic N) is 1. The molecule has 0 saturated heterocycles. The number of rotatable bonds is 8. The first-order valence-electron chi connectivity index (χ1n) is 7.80. The van der Waals surface area contributed by atoms with Gasteiger partial charge in [-0.1, -0.05) is 13.0 Å². The highest BCUT2D eigenvalue weighted by Gasteiger charge is 2.53. The largest absolute Gasteiger partial charge is 0.487 e. The summed E-state index contributed by atoms with van der Waals surface area (Å²) < 4.78 is 5.51. The van der Waals surface area contributed by atoms with Crippen molar-refractivity contribution in [3.05, 3.63) is 28.3 Å². The molecule has 0 aliphatic heterocycles. The van der Waals surface area contributed by atoms with Crippen molar-refractivity contribution >= 4 is 11.4 Å². The van der Waals surface area contributed by atoms with Crippen LogP contribution >= 0.6 is 0 Å². The first-order chi connectivity index (χ1) is 10.2. The number of hydrogen-bond donors (Lipinski definition) is 1. The van der Waals surface area contributed by atoms with Crippen LogP contribution in [0.25, 0.3) is 0 Å². The summed E-state index contributed by atoms with van der Waals surface area (Å²) in [6, 6.07) is 5.27. The molecule has 0 heterocycles. The summed E-state index contributed by atoms with van der Waals surface area (Å²) in [5.41, 5.74) is 1.06. The molecule has 1 N–H and O–H groups in total. The van der Waals surface area contributed by atoms with Crippen molar-refractivity contribution in [2.24, 2.45) is 11.3 Å². The minimum Gasteiger partial charge on any atom is -0.487 e. The smallest absolute Gasteiger partial charge is 0.333 e. The van der Waals surface area contributed by atoms with Crippen molar-refractivity contribution in [2.45, 2.75) is 39.0 Å². The molecule has 1 aromatic rings. The van der Waals surface area contributed by atoms with Gasteiger partial charge in [0.1, 0.15) is 5.69 Å². The highest BCUT2D eigenvalue weighted by atomic mass is 16.6. The fraction of sp³-hybridized carbons (Fsp3) is 0.625. The van der Waals surface area contributed by atoms with Crippen LogP contribution in [0.1, 0.15) is 39.0 Å². The highest BCUT2D eigenvalue weighted by molar-refractivity contribution is 5.68. The molecule has 0 atom stereocenters. The molecule has 0 aromatic heterocycles. The summed E-state index contributed by atoms with van der Waals surface area (Å²) >= 11 is 0. The molecule has 2 fully saturated rings. The van der Waals surface area contributed by atoms with E-state index in [1.165, 1.54) is 25.7 Å². The third-order valence-electron chi connectivity index (χ3n) is 4.61. The van der Waals surface area contributed by atoms with Crippen LogP contribution in [0.3, 0.4) is 0 Å². The van der Waals surface area contributed by atoms with E-state index in [1.54, 1.807) is 12.1 Å².